The molecule has 1 aliphatic heterocycles. The molecule has 0 bridgehead atoms. The molecule has 4 rings (SSSR count). The number of amides is 1. The van der Waals surface area contributed by atoms with Gasteiger partial charge in [0.05, 0.1) is 0 Å². The Labute approximate surface area is 215 Å². The molecule has 0 spiro atoms. The number of Topliss-reactive ketones (excluding diaryl/α,β-unsaturated/α-hetero) is 1. The Kier molecular flexibility index (Phi) is 7.79. The molecule has 5 nitrogen and oxygen atoms in total. The molecule has 190 valence electrons. The highest BCUT2D eigenvalue weighted by molar-refractivity contribution is 6.05. The zero-order valence-corrected chi connectivity index (χ0v) is 22.3. The van der Waals surface area contributed by atoms with Gasteiger partial charge in [-0.25, -0.2) is 0 Å². The smallest absolute Gasteiger partial charge is 0.249 e. The molecule has 0 fully saturated rings. The zero-order chi connectivity index (χ0) is 25.9. The van der Waals surface area contributed by atoms with Gasteiger partial charge in [0, 0.05) is 41.4 Å². The van der Waals surface area contributed by atoms with Crippen LogP contribution in [0.2, 0.25) is 0 Å². The number of carbonyl (C=O) groups is 2. The van der Waals surface area contributed by atoms with Crippen LogP contribution in [0.25, 0.3) is 11.1 Å². The van der Waals surface area contributed by atoms with Crippen LogP contribution in [0.4, 0.5) is 0 Å². The van der Waals surface area contributed by atoms with Gasteiger partial charge < -0.3 is 15.5 Å². The van der Waals surface area contributed by atoms with E-state index in [-0.39, 0.29) is 23.0 Å². The fourth-order valence-corrected chi connectivity index (χ4v) is 5.42. The lowest BCUT2D eigenvalue weighted by Crippen LogP contribution is -2.41. The third-order valence-electron chi connectivity index (χ3n) is 7.14. The van der Waals surface area contributed by atoms with Crippen LogP contribution in [0.3, 0.4) is 0 Å². The first kappa shape index (κ1) is 25.9. The van der Waals surface area contributed by atoms with Crippen molar-refractivity contribution in [2.75, 3.05) is 27.2 Å². The summed E-state index contributed by atoms with van der Waals surface area (Å²) in [6.45, 7) is 7.86. The SMILES string of the molecule is CCC1=C(C(=O)NCCCN(C)C)C(c2ccc(-c3ccccc3)cc2)C2=C(CC(C)(C)CC2=O)N1. The largest absolute Gasteiger partial charge is 0.361 e. The third kappa shape index (κ3) is 5.62. The second-order valence-electron chi connectivity index (χ2n) is 11.0. The van der Waals surface area contributed by atoms with E-state index in [1.807, 2.05) is 32.3 Å². The lowest BCUT2D eigenvalue weighted by atomic mass is 9.68. The number of ketones is 1. The predicted octanol–water partition coefficient (Wildman–Crippen LogP) is 5.42. The lowest BCUT2D eigenvalue weighted by molar-refractivity contribution is -0.118. The van der Waals surface area contributed by atoms with Crippen molar-refractivity contribution in [3.8, 4) is 11.1 Å². The average Bonchev–Trinajstić information content (AvgIpc) is 2.85. The lowest BCUT2D eigenvalue weighted by Gasteiger charge is -2.40. The molecule has 0 aromatic heterocycles. The number of allylic oxidation sites excluding steroid dienone is 3. The summed E-state index contributed by atoms with van der Waals surface area (Å²) in [6.07, 6.45) is 2.86. The van der Waals surface area contributed by atoms with E-state index in [9.17, 15) is 9.59 Å². The van der Waals surface area contributed by atoms with Crippen molar-refractivity contribution >= 4 is 11.7 Å². The van der Waals surface area contributed by atoms with Crippen molar-refractivity contribution in [2.24, 2.45) is 5.41 Å². The quantitative estimate of drug-likeness (QED) is 0.491. The van der Waals surface area contributed by atoms with Gasteiger partial charge in [-0.05, 0) is 62.0 Å². The highest BCUT2D eigenvalue weighted by Gasteiger charge is 2.43. The van der Waals surface area contributed by atoms with E-state index in [0.717, 1.165) is 53.0 Å². The molecule has 5 heteroatoms. The van der Waals surface area contributed by atoms with E-state index >= 15 is 0 Å². The number of nitrogens with zero attached hydrogens (tertiary/aromatic N) is 1. The molecule has 2 aromatic rings. The molecule has 0 radical (unpaired) electrons. The first-order valence-corrected chi connectivity index (χ1v) is 13.0. The zero-order valence-electron chi connectivity index (χ0n) is 22.3. The van der Waals surface area contributed by atoms with E-state index in [0.29, 0.717) is 25.0 Å². The minimum atomic E-state index is -0.363. The molecule has 36 heavy (non-hydrogen) atoms. The standard InChI is InChI=1S/C31H39N3O2/c1-6-24-29(30(36)32-17-10-18-34(4)5)27(28-25(33-24)19-31(2,3)20-26(28)35)23-15-13-22(14-16-23)21-11-8-7-9-12-21/h7-9,11-16,27,33H,6,10,17-20H2,1-5H3,(H,32,36). The highest BCUT2D eigenvalue weighted by atomic mass is 16.2. The molecule has 1 aliphatic carbocycles. The van der Waals surface area contributed by atoms with E-state index in [4.69, 9.17) is 0 Å². The Morgan fingerprint density at radius 2 is 1.69 bits per heavy atom. The molecule has 1 heterocycles. The second kappa shape index (κ2) is 10.8. The summed E-state index contributed by atoms with van der Waals surface area (Å²) in [4.78, 5) is 29.3. The van der Waals surface area contributed by atoms with Gasteiger partial charge in [-0.3, -0.25) is 9.59 Å². The molecule has 1 unspecified atom stereocenters. The van der Waals surface area contributed by atoms with Crippen molar-refractivity contribution in [2.45, 2.75) is 52.4 Å². The van der Waals surface area contributed by atoms with Gasteiger partial charge in [0.1, 0.15) is 0 Å². The number of benzene rings is 2. The van der Waals surface area contributed by atoms with Crippen LogP contribution in [-0.4, -0.2) is 43.8 Å². The summed E-state index contributed by atoms with van der Waals surface area (Å²) in [5.41, 5.74) is 6.49. The van der Waals surface area contributed by atoms with Crippen LogP contribution < -0.4 is 10.6 Å². The summed E-state index contributed by atoms with van der Waals surface area (Å²) in [5, 5.41) is 6.68. The maximum absolute atomic E-state index is 13.6. The van der Waals surface area contributed by atoms with E-state index in [1.54, 1.807) is 0 Å². The number of dihydropyridines is 1. The average molecular weight is 486 g/mol. The molecule has 1 amide bonds. The van der Waals surface area contributed by atoms with E-state index < -0.39 is 0 Å². The van der Waals surface area contributed by atoms with Gasteiger partial charge in [-0.1, -0.05) is 75.4 Å². The second-order valence-corrected chi connectivity index (χ2v) is 11.0. The topological polar surface area (TPSA) is 61.4 Å². The number of hydrogen-bond donors (Lipinski definition) is 2. The van der Waals surface area contributed by atoms with E-state index in [2.05, 4.69) is 72.7 Å². The minimum absolute atomic E-state index is 0.0839. The van der Waals surface area contributed by atoms with Gasteiger partial charge in [-0.2, -0.15) is 0 Å². The van der Waals surface area contributed by atoms with Gasteiger partial charge in [0.15, 0.2) is 5.78 Å². The number of rotatable bonds is 8. The molecule has 1 atom stereocenters. The summed E-state index contributed by atoms with van der Waals surface area (Å²) < 4.78 is 0. The Morgan fingerprint density at radius 3 is 2.33 bits per heavy atom. The predicted molar refractivity (Wildman–Crippen MR) is 146 cm³/mol. The maximum atomic E-state index is 13.6. The molecule has 2 aliphatic rings. The maximum Gasteiger partial charge on any atom is 0.249 e. The first-order valence-electron chi connectivity index (χ1n) is 13.0. The Morgan fingerprint density at radius 1 is 1.03 bits per heavy atom. The van der Waals surface area contributed by atoms with Crippen molar-refractivity contribution in [3.05, 3.63) is 82.7 Å². The molecule has 0 saturated carbocycles. The van der Waals surface area contributed by atoms with Crippen LogP contribution in [0, 0.1) is 5.41 Å². The Hall–Kier alpha value is -3.18. The normalized spacial score (nSPS) is 19.3. The number of hydrogen-bond acceptors (Lipinski definition) is 4. The Balaban J connectivity index is 1.74. The summed E-state index contributed by atoms with van der Waals surface area (Å²) in [7, 11) is 4.06. The molecular weight excluding hydrogens is 446 g/mol. The fourth-order valence-electron chi connectivity index (χ4n) is 5.42. The van der Waals surface area contributed by atoms with Crippen LogP contribution in [0.1, 0.15) is 57.9 Å². The fraction of sp³-hybridized carbons (Fsp3) is 0.419. The van der Waals surface area contributed by atoms with Crippen LogP contribution in [0.15, 0.2) is 77.1 Å². The van der Waals surface area contributed by atoms with Gasteiger partial charge in [0.25, 0.3) is 0 Å². The van der Waals surface area contributed by atoms with Crippen molar-refractivity contribution in [1.82, 2.24) is 15.5 Å². The molecule has 2 aromatic carbocycles. The Bertz CT molecular complexity index is 1170. The van der Waals surface area contributed by atoms with Crippen molar-refractivity contribution in [1.29, 1.82) is 0 Å². The van der Waals surface area contributed by atoms with Crippen LogP contribution in [0.5, 0.6) is 0 Å². The number of nitrogens with one attached hydrogen (secondary N) is 2. The van der Waals surface area contributed by atoms with Crippen molar-refractivity contribution in [3.63, 3.8) is 0 Å². The first-order chi connectivity index (χ1) is 17.2. The van der Waals surface area contributed by atoms with Crippen LogP contribution in [-0.2, 0) is 9.59 Å². The van der Waals surface area contributed by atoms with Gasteiger partial charge in [0.2, 0.25) is 5.91 Å². The third-order valence-corrected chi connectivity index (χ3v) is 7.14. The monoisotopic (exact) mass is 485 g/mol. The van der Waals surface area contributed by atoms with E-state index in [1.165, 1.54) is 0 Å². The molecule has 0 saturated heterocycles. The van der Waals surface area contributed by atoms with Crippen molar-refractivity contribution < 1.29 is 9.59 Å². The summed E-state index contributed by atoms with van der Waals surface area (Å²) in [6, 6.07) is 18.6. The minimum Gasteiger partial charge on any atom is -0.361 e. The molecular formula is C31H39N3O2. The number of carbonyl (C=O) groups excluding carboxylic acids is 2. The molecule has 2 N–H and O–H groups in total. The summed E-state index contributed by atoms with van der Waals surface area (Å²) in [5.74, 6) is -0.308. The summed E-state index contributed by atoms with van der Waals surface area (Å²) >= 11 is 0. The van der Waals surface area contributed by atoms with Crippen LogP contribution >= 0.6 is 0 Å². The van der Waals surface area contributed by atoms with Gasteiger partial charge >= 0.3 is 0 Å². The van der Waals surface area contributed by atoms with Gasteiger partial charge in [-0.15, -0.1) is 0 Å². The highest BCUT2D eigenvalue weighted by Crippen LogP contribution is 2.47.